The van der Waals surface area contributed by atoms with Gasteiger partial charge in [0.25, 0.3) is 15.0 Å². The van der Waals surface area contributed by atoms with Crippen LogP contribution in [0.15, 0.2) is 23.1 Å². The van der Waals surface area contributed by atoms with Gasteiger partial charge in [0.05, 0.1) is 7.11 Å². The van der Waals surface area contributed by atoms with Crippen LogP contribution in [0.3, 0.4) is 0 Å². The third-order valence-electron chi connectivity index (χ3n) is 2.11. The summed E-state index contributed by atoms with van der Waals surface area (Å²) < 4.78 is 27.6. The van der Waals surface area contributed by atoms with Gasteiger partial charge in [-0.3, -0.25) is 4.79 Å². The third kappa shape index (κ3) is 3.61. The van der Waals surface area contributed by atoms with Gasteiger partial charge in [0.15, 0.2) is 0 Å². The topological polar surface area (TPSA) is 72.5 Å². The van der Waals surface area contributed by atoms with Crippen molar-refractivity contribution in [3.63, 3.8) is 0 Å². The molecular weight excluding hydrogens is 278 g/mol. The number of hydrogen-bond acceptors (Lipinski definition) is 4. The highest BCUT2D eigenvalue weighted by Crippen LogP contribution is 2.27. The van der Waals surface area contributed by atoms with Gasteiger partial charge in [0.2, 0.25) is 0 Å². The average molecular weight is 292 g/mol. The van der Waals surface area contributed by atoms with Gasteiger partial charge in [0, 0.05) is 22.3 Å². The van der Waals surface area contributed by atoms with Gasteiger partial charge < -0.3 is 10.1 Å². The van der Waals surface area contributed by atoms with E-state index in [-0.39, 0.29) is 28.2 Å². The van der Waals surface area contributed by atoms with E-state index in [4.69, 9.17) is 15.4 Å². The molecule has 0 fully saturated rings. The maximum absolute atomic E-state index is 11.7. The van der Waals surface area contributed by atoms with Crippen LogP contribution in [0.5, 0.6) is 5.75 Å². The highest BCUT2D eigenvalue weighted by atomic mass is 35.7. The second-order valence-corrected chi connectivity index (χ2v) is 6.47. The van der Waals surface area contributed by atoms with Gasteiger partial charge in [-0.2, -0.15) is 0 Å². The smallest absolute Gasteiger partial charge is 0.265 e. The predicted molar refractivity (Wildman–Crippen MR) is 68.6 cm³/mol. The highest BCUT2D eigenvalue weighted by molar-refractivity contribution is 8.13. The number of benzene rings is 1. The Hall–Kier alpha value is -1.27. The van der Waals surface area contributed by atoms with Crippen LogP contribution < -0.4 is 10.1 Å². The molecule has 0 atom stereocenters. The van der Waals surface area contributed by atoms with Crippen LogP contribution in [0.4, 0.5) is 0 Å². The van der Waals surface area contributed by atoms with Crippen molar-refractivity contribution in [1.29, 1.82) is 0 Å². The molecule has 1 N–H and O–H groups in total. The molecule has 0 spiro atoms. The Balaban J connectivity index is 3.23. The summed E-state index contributed by atoms with van der Waals surface area (Å²) in [6.07, 6.45) is 0. The van der Waals surface area contributed by atoms with Gasteiger partial charge in [-0.15, -0.1) is 0 Å². The number of nitrogens with one attached hydrogen (secondary N) is 1. The van der Waals surface area contributed by atoms with E-state index in [2.05, 4.69) is 5.32 Å². The van der Waals surface area contributed by atoms with Crippen LogP contribution in [0.1, 0.15) is 24.2 Å². The molecule has 0 aromatic heterocycles. The largest absolute Gasteiger partial charge is 0.495 e. The lowest BCUT2D eigenvalue weighted by Crippen LogP contribution is -2.30. The first-order valence-electron chi connectivity index (χ1n) is 5.19. The Morgan fingerprint density at radius 3 is 2.44 bits per heavy atom. The maximum atomic E-state index is 11.7. The van der Waals surface area contributed by atoms with Gasteiger partial charge in [-0.05, 0) is 32.0 Å². The molecule has 0 bridgehead atoms. The first kappa shape index (κ1) is 14.8. The molecule has 1 amide bonds. The van der Waals surface area contributed by atoms with E-state index < -0.39 is 9.05 Å². The molecule has 5 nitrogen and oxygen atoms in total. The molecule has 0 radical (unpaired) electrons. The lowest BCUT2D eigenvalue weighted by atomic mass is 10.2. The number of amides is 1. The molecule has 0 heterocycles. The second-order valence-electron chi connectivity index (χ2n) is 3.93. The zero-order valence-corrected chi connectivity index (χ0v) is 11.8. The highest BCUT2D eigenvalue weighted by Gasteiger charge is 2.19. The van der Waals surface area contributed by atoms with Crippen LogP contribution in [-0.2, 0) is 9.05 Å². The van der Waals surface area contributed by atoms with Crippen LogP contribution in [0.25, 0.3) is 0 Å². The zero-order valence-electron chi connectivity index (χ0n) is 10.2. The van der Waals surface area contributed by atoms with Crippen molar-refractivity contribution in [2.45, 2.75) is 24.8 Å². The first-order chi connectivity index (χ1) is 8.25. The second kappa shape index (κ2) is 5.58. The van der Waals surface area contributed by atoms with Crippen molar-refractivity contribution in [2.24, 2.45) is 0 Å². The van der Waals surface area contributed by atoms with E-state index >= 15 is 0 Å². The number of carbonyl (C=O) groups excluding carboxylic acids is 1. The van der Waals surface area contributed by atoms with Crippen LogP contribution in [-0.4, -0.2) is 27.5 Å². The molecule has 0 unspecified atom stereocenters. The maximum Gasteiger partial charge on any atom is 0.265 e. The monoisotopic (exact) mass is 291 g/mol. The molecule has 1 aromatic carbocycles. The Morgan fingerprint density at radius 2 is 2.00 bits per heavy atom. The molecule has 0 aliphatic rings. The quantitative estimate of drug-likeness (QED) is 0.858. The first-order valence-corrected chi connectivity index (χ1v) is 7.50. The number of rotatable bonds is 4. The summed E-state index contributed by atoms with van der Waals surface area (Å²) in [5.74, 6) is -0.264. The minimum absolute atomic E-state index is 0.0457. The minimum Gasteiger partial charge on any atom is -0.495 e. The number of methoxy groups -OCH3 is 1. The van der Waals surface area contributed by atoms with E-state index in [1.165, 1.54) is 25.3 Å². The van der Waals surface area contributed by atoms with E-state index in [0.717, 1.165) is 0 Å². The number of halogens is 1. The molecule has 7 heteroatoms. The SMILES string of the molecule is COc1ccc(C(=O)NC(C)C)cc1S(=O)(=O)Cl. The summed E-state index contributed by atoms with van der Waals surface area (Å²) in [7, 11) is 2.65. The molecular formula is C11H14ClNO4S. The lowest BCUT2D eigenvalue weighted by Gasteiger charge is -2.10. The summed E-state index contributed by atoms with van der Waals surface area (Å²) in [6, 6.07) is 4.02. The number of carbonyl (C=O) groups is 1. The molecule has 100 valence electrons. The Bertz CT molecular complexity index is 554. The lowest BCUT2D eigenvalue weighted by molar-refractivity contribution is 0.0943. The molecule has 0 aliphatic heterocycles. The number of hydrogen-bond donors (Lipinski definition) is 1. The summed E-state index contributed by atoms with van der Waals surface area (Å²) in [6.45, 7) is 3.61. The Labute approximate surface area is 111 Å². The van der Waals surface area contributed by atoms with Gasteiger partial charge in [0.1, 0.15) is 10.6 Å². The van der Waals surface area contributed by atoms with E-state index in [1.807, 2.05) is 0 Å². The normalized spacial score (nSPS) is 11.4. The average Bonchev–Trinajstić information content (AvgIpc) is 2.26. The standard InChI is InChI=1S/C11H14ClNO4S/c1-7(2)13-11(14)8-4-5-9(17-3)10(6-8)18(12,15)16/h4-7H,1-3H3,(H,13,14). The van der Waals surface area contributed by atoms with Gasteiger partial charge in [-0.25, -0.2) is 8.42 Å². The molecule has 0 aliphatic carbocycles. The molecule has 1 aromatic rings. The summed E-state index contributed by atoms with van der Waals surface area (Å²) >= 11 is 0. The van der Waals surface area contributed by atoms with E-state index in [9.17, 15) is 13.2 Å². The molecule has 0 saturated carbocycles. The van der Waals surface area contributed by atoms with Crippen molar-refractivity contribution in [1.82, 2.24) is 5.32 Å². The Morgan fingerprint density at radius 1 is 1.39 bits per heavy atom. The minimum atomic E-state index is -3.96. The Kier molecular flexibility index (Phi) is 4.59. The fraction of sp³-hybridized carbons (Fsp3) is 0.364. The van der Waals surface area contributed by atoms with Crippen molar-refractivity contribution in [3.8, 4) is 5.75 Å². The van der Waals surface area contributed by atoms with Crippen molar-refractivity contribution in [3.05, 3.63) is 23.8 Å². The van der Waals surface area contributed by atoms with Crippen molar-refractivity contribution in [2.75, 3.05) is 7.11 Å². The summed E-state index contributed by atoms with van der Waals surface area (Å²) in [5.41, 5.74) is 0.212. The number of ether oxygens (including phenoxy) is 1. The zero-order chi connectivity index (χ0) is 13.9. The predicted octanol–water partition coefficient (Wildman–Crippen LogP) is 1.76. The molecule has 1 rings (SSSR count). The van der Waals surface area contributed by atoms with E-state index in [0.29, 0.717) is 0 Å². The van der Waals surface area contributed by atoms with Crippen molar-refractivity contribution >= 4 is 25.6 Å². The fourth-order valence-electron chi connectivity index (χ4n) is 1.35. The van der Waals surface area contributed by atoms with Crippen LogP contribution >= 0.6 is 10.7 Å². The molecule has 0 saturated heterocycles. The van der Waals surface area contributed by atoms with Gasteiger partial charge >= 0.3 is 0 Å². The van der Waals surface area contributed by atoms with Crippen molar-refractivity contribution < 1.29 is 17.9 Å². The van der Waals surface area contributed by atoms with Gasteiger partial charge in [-0.1, -0.05) is 0 Å². The fourth-order valence-corrected chi connectivity index (χ4v) is 2.38. The molecule has 18 heavy (non-hydrogen) atoms. The van der Waals surface area contributed by atoms with Crippen LogP contribution in [0, 0.1) is 0 Å². The van der Waals surface area contributed by atoms with Crippen LogP contribution in [0.2, 0.25) is 0 Å². The summed E-state index contributed by atoms with van der Waals surface area (Å²) in [5, 5.41) is 2.66. The van der Waals surface area contributed by atoms with E-state index in [1.54, 1.807) is 13.8 Å². The third-order valence-corrected chi connectivity index (χ3v) is 3.45. The summed E-state index contributed by atoms with van der Waals surface area (Å²) in [4.78, 5) is 11.5.